The predicted octanol–water partition coefficient (Wildman–Crippen LogP) is 1.96. The lowest BCUT2D eigenvalue weighted by molar-refractivity contribution is 0.416. The Hall–Kier alpha value is -1.63. The van der Waals surface area contributed by atoms with E-state index < -0.39 is 0 Å². The minimum absolute atomic E-state index is 0. The van der Waals surface area contributed by atoms with Gasteiger partial charge in [-0.25, -0.2) is 0 Å². The summed E-state index contributed by atoms with van der Waals surface area (Å²) in [6.07, 6.45) is 0. The molecule has 0 fully saturated rings. The number of hydrogen-bond donors (Lipinski definition) is 2. The van der Waals surface area contributed by atoms with Crippen LogP contribution in [-0.4, -0.2) is 23.2 Å². The van der Waals surface area contributed by atoms with Crippen LogP contribution < -0.4 is 16.0 Å². The molecule has 0 spiro atoms. The van der Waals surface area contributed by atoms with Gasteiger partial charge in [0, 0.05) is 24.7 Å². The average molecular weight is 314 g/mol. The average Bonchev–Trinajstić information content (AvgIpc) is 2.41. The third kappa shape index (κ3) is 3.27. The van der Waals surface area contributed by atoms with Gasteiger partial charge >= 0.3 is 0 Å². The molecule has 5 nitrogen and oxygen atoms in total. The molecule has 3 N–H and O–H groups in total. The first-order valence-corrected chi connectivity index (χ1v) is 6.26. The zero-order valence-electron chi connectivity index (χ0n) is 11.0. The molecule has 1 aromatic heterocycles. The lowest BCUT2D eigenvalue weighted by atomic mass is 10.1. The quantitative estimate of drug-likeness (QED) is 0.846. The van der Waals surface area contributed by atoms with Gasteiger partial charge < -0.3 is 15.0 Å². The van der Waals surface area contributed by atoms with Crippen LogP contribution in [0.2, 0.25) is 0 Å². The van der Waals surface area contributed by atoms with Crippen LogP contribution >= 0.6 is 24.6 Å². The molecule has 0 atom stereocenters. The van der Waals surface area contributed by atoms with Crippen LogP contribution in [0.15, 0.2) is 35.1 Å². The minimum Gasteiger partial charge on any atom is -0.496 e. The maximum Gasteiger partial charge on any atom is 0.252 e. The number of halogens is 1. The van der Waals surface area contributed by atoms with Crippen LogP contribution in [0.3, 0.4) is 0 Å². The lowest BCUT2D eigenvalue weighted by Gasteiger charge is -2.14. The Bertz CT molecular complexity index is 697. The van der Waals surface area contributed by atoms with E-state index in [0.29, 0.717) is 29.3 Å². The second kappa shape index (κ2) is 7.23. The Morgan fingerprint density at radius 3 is 2.75 bits per heavy atom. The molecule has 0 saturated heterocycles. The van der Waals surface area contributed by atoms with Gasteiger partial charge in [-0.15, -0.1) is 12.4 Å². The second-order valence-electron chi connectivity index (χ2n) is 3.96. The molecule has 0 radical (unpaired) electrons. The van der Waals surface area contributed by atoms with E-state index in [-0.39, 0.29) is 18.0 Å². The van der Waals surface area contributed by atoms with Crippen molar-refractivity contribution in [3.05, 3.63) is 45.5 Å². The first-order chi connectivity index (χ1) is 9.17. The van der Waals surface area contributed by atoms with Gasteiger partial charge in [-0.1, -0.05) is 12.1 Å². The normalized spacial score (nSPS) is 9.90. The Morgan fingerprint density at radius 1 is 1.40 bits per heavy atom. The summed E-state index contributed by atoms with van der Waals surface area (Å²) in [5.41, 5.74) is 6.88. The summed E-state index contributed by atoms with van der Waals surface area (Å²) in [5.74, 6) is 0.688. The molecule has 0 amide bonds. The largest absolute Gasteiger partial charge is 0.496 e. The SMILES string of the molecule is COc1ccccc1-c1cc(=O)[nH]c(=S)n1CCN.Cl. The highest BCUT2D eigenvalue weighted by molar-refractivity contribution is 7.71. The third-order valence-electron chi connectivity index (χ3n) is 2.77. The van der Waals surface area contributed by atoms with Crippen molar-refractivity contribution in [3.8, 4) is 17.0 Å². The number of nitrogens with zero attached hydrogens (tertiary/aromatic N) is 1. The Balaban J connectivity index is 0.00000200. The molecule has 2 aromatic rings. The van der Waals surface area contributed by atoms with E-state index in [9.17, 15) is 4.79 Å². The molecule has 0 aliphatic carbocycles. The number of nitrogens with two attached hydrogens (primary N) is 1. The fraction of sp³-hybridized carbons (Fsp3) is 0.231. The van der Waals surface area contributed by atoms with Crippen molar-refractivity contribution in [1.82, 2.24) is 9.55 Å². The topological polar surface area (TPSA) is 73.0 Å². The summed E-state index contributed by atoms with van der Waals surface area (Å²) in [5, 5.41) is 0. The monoisotopic (exact) mass is 313 g/mol. The van der Waals surface area contributed by atoms with Gasteiger partial charge in [0.25, 0.3) is 5.56 Å². The van der Waals surface area contributed by atoms with Gasteiger partial charge in [-0.3, -0.25) is 9.78 Å². The third-order valence-corrected chi connectivity index (χ3v) is 3.09. The number of nitrogens with one attached hydrogen (secondary N) is 1. The van der Waals surface area contributed by atoms with Gasteiger partial charge in [0.15, 0.2) is 4.77 Å². The minimum atomic E-state index is -0.237. The zero-order valence-corrected chi connectivity index (χ0v) is 12.6. The molecule has 1 heterocycles. The highest BCUT2D eigenvalue weighted by Gasteiger charge is 2.10. The van der Waals surface area contributed by atoms with Gasteiger partial charge in [-0.05, 0) is 24.4 Å². The van der Waals surface area contributed by atoms with E-state index in [4.69, 9.17) is 22.7 Å². The van der Waals surface area contributed by atoms with Crippen LogP contribution in [0.25, 0.3) is 11.3 Å². The Kier molecular flexibility index (Phi) is 5.94. The van der Waals surface area contributed by atoms with Gasteiger partial charge in [0.2, 0.25) is 0 Å². The number of rotatable bonds is 4. The van der Waals surface area contributed by atoms with E-state index in [1.54, 1.807) is 11.7 Å². The van der Waals surface area contributed by atoms with E-state index in [1.165, 1.54) is 6.07 Å². The number of H-pyrrole nitrogens is 1. The van der Waals surface area contributed by atoms with Crippen molar-refractivity contribution < 1.29 is 4.74 Å². The Labute approximate surface area is 127 Å². The zero-order chi connectivity index (χ0) is 13.8. The fourth-order valence-corrected chi connectivity index (χ4v) is 2.24. The van der Waals surface area contributed by atoms with Crippen LogP contribution in [-0.2, 0) is 6.54 Å². The molecule has 108 valence electrons. The molecule has 2 rings (SSSR count). The molecule has 0 aliphatic rings. The lowest BCUT2D eigenvalue weighted by Crippen LogP contribution is -2.19. The predicted molar refractivity (Wildman–Crippen MR) is 84.2 cm³/mol. The second-order valence-corrected chi connectivity index (χ2v) is 4.35. The van der Waals surface area contributed by atoms with Crippen LogP contribution in [0.5, 0.6) is 5.75 Å². The van der Waals surface area contributed by atoms with Crippen molar-refractivity contribution in [1.29, 1.82) is 0 Å². The van der Waals surface area contributed by atoms with Crippen molar-refractivity contribution in [2.45, 2.75) is 6.54 Å². The van der Waals surface area contributed by atoms with Gasteiger partial charge in [0.1, 0.15) is 5.75 Å². The van der Waals surface area contributed by atoms with Crippen LogP contribution in [0.1, 0.15) is 0 Å². The molecule has 20 heavy (non-hydrogen) atoms. The first-order valence-electron chi connectivity index (χ1n) is 5.85. The standard InChI is InChI=1S/C13H15N3O2S.ClH/c1-18-11-5-3-2-4-9(11)10-8-12(17)15-13(19)16(10)7-6-14;/h2-5,8H,6-7,14H2,1H3,(H,15,17,19);1H. The molecular weight excluding hydrogens is 298 g/mol. The summed E-state index contributed by atoms with van der Waals surface area (Å²) >= 11 is 5.18. The molecule has 1 aromatic carbocycles. The summed E-state index contributed by atoms with van der Waals surface area (Å²) < 4.78 is 7.48. The fourth-order valence-electron chi connectivity index (χ4n) is 1.95. The maximum atomic E-state index is 11.6. The molecular formula is C13H16ClN3O2S. The first kappa shape index (κ1) is 16.4. The molecule has 7 heteroatoms. The van der Waals surface area contributed by atoms with Crippen LogP contribution in [0.4, 0.5) is 0 Å². The number of para-hydroxylation sites is 1. The molecule has 0 bridgehead atoms. The number of ether oxygens (including phenoxy) is 1. The number of aromatic amines is 1. The summed E-state index contributed by atoms with van der Waals surface area (Å²) in [6, 6.07) is 8.98. The summed E-state index contributed by atoms with van der Waals surface area (Å²) in [6.45, 7) is 0.964. The van der Waals surface area contributed by atoms with Gasteiger partial charge in [-0.2, -0.15) is 0 Å². The number of hydrogen-bond acceptors (Lipinski definition) is 4. The van der Waals surface area contributed by atoms with Crippen molar-refractivity contribution in [2.75, 3.05) is 13.7 Å². The molecule has 0 unspecified atom stereocenters. The molecule has 0 aliphatic heterocycles. The number of benzene rings is 1. The van der Waals surface area contributed by atoms with Crippen molar-refractivity contribution >= 4 is 24.6 Å². The van der Waals surface area contributed by atoms with Crippen molar-refractivity contribution in [2.24, 2.45) is 5.73 Å². The van der Waals surface area contributed by atoms with Crippen molar-refractivity contribution in [3.63, 3.8) is 0 Å². The Morgan fingerprint density at radius 2 is 2.10 bits per heavy atom. The van der Waals surface area contributed by atoms with Gasteiger partial charge in [0.05, 0.1) is 12.8 Å². The highest BCUT2D eigenvalue weighted by atomic mass is 35.5. The van der Waals surface area contributed by atoms with E-state index >= 15 is 0 Å². The smallest absolute Gasteiger partial charge is 0.252 e. The van der Waals surface area contributed by atoms with E-state index in [0.717, 1.165) is 5.56 Å². The van der Waals surface area contributed by atoms with E-state index in [2.05, 4.69) is 4.98 Å². The maximum absolute atomic E-state index is 11.6. The van der Waals surface area contributed by atoms with E-state index in [1.807, 2.05) is 24.3 Å². The summed E-state index contributed by atoms with van der Waals surface area (Å²) in [7, 11) is 1.59. The summed E-state index contributed by atoms with van der Waals surface area (Å²) in [4.78, 5) is 14.2. The number of aromatic nitrogens is 2. The van der Waals surface area contributed by atoms with Crippen LogP contribution in [0, 0.1) is 4.77 Å². The number of methoxy groups -OCH3 is 1. The molecule has 0 saturated carbocycles. The highest BCUT2D eigenvalue weighted by Crippen LogP contribution is 2.28.